The van der Waals surface area contributed by atoms with Crippen LogP contribution in [0.25, 0.3) is 0 Å². The average molecular weight is 267 g/mol. The molecule has 6 nitrogen and oxygen atoms in total. The quantitative estimate of drug-likeness (QED) is 0.509. The molecule has 19 heavy (non-hydrogen) atoms. The lowest BCUT2D eigenvalue weighted by molar-refractivity contribution is -0.127. The molecule has 0 radical (unpaired) electrons. The number of carbonyl (C=O) groups is 1. The van der Waals surface area contributed by atoms with Crippen molar-refractivity contribution in [3.05, 3.63) is 11.8 Å². The van der Waals surface area contributed by atoms with E-state index in [0.29, 0.717) is 26.2 Å². The Hall–Kier alpha value is -1.58. The first-order valence-corrected chi connectivity index (χ1v) is 6.60. The van der Waals surface area contributed by atoms with Gasteiger partial charge in [-0.15, -0.1) is 0 Å². The van der Waals surface area contributed by atoms with Crippen LogP contribution in [-0.4, -0.2) is 65.3 Å². The number of hydrogen-bond acceptors (Lipinski definition) is 5. The minimum Gasteiger partial charge on any atom is -0.395 e. The highest BCUT2D eigenvalue weighted by molar-refractivity contribution is 5.97. The lowest BCUT2D eigenvalue weighted by Gasteiger charge is -2.27. The molecule has 1 rings (SSSR count). The predicted molar refractivity (Wildman–Crippen MR) is 69.9 cm³/mol. The Morgan fingerprint density at radius 1 is 1.21 bits per heavy atom. The van der Waals surface area contributed by atoms with Gasteiger partial charge in [-0.05, 0) is 19.3 Å². The van der Waals surface area contributed by atoms with Gasteiger partial charge >= 0.3 is 0 Å². The molecule has 0 aliphatic carbocycles. The lowest BCUT2D eigenvalue weighted by atomic mass is 10.1. The summed E-state index contributed by atoms with van der Waals surface area (Å²) in [5.74, 6) is -0.261. The summed E-state index contributed by atoms with van der Waals surface area (Å²) in [5.41, 5.74) is 0.0591. The van der Waals surface area contributed by atoms with E-state index in [2.05, 4.69) is 0 Å². The molecule has 1 aliphatic rings. The molecule has 1 amide bonds. The van der Waals surface area contributed by atoms with Crippen molar-refractivity contribution in [1.82, 2.24) is 9.80 Å². The second-order valence-corrected chi connectivity index (χ2v) is 4.49. The number of nitrogens with zero attached hydrogens (tertiary/aromatic N) is 3. The zero-order chi connectivity index (χ0) is 14.1. The number of aliphatic hydroxyl groups is 2. The first-order chi connectivity index (χ1) is 9.22. The summed E-state index contributed by atoms with van der Waals surface area (Å²) in [7, 11) is 0. The summed E-state index contributed by atoms with van der Waals surface area (Å²) in [6.45, 7) is 1.79. The second-order valence-electron chi connectivity index (χ2n) is 4.49. The summed E-state index contributed by atoms with van der Waals surface area (Å²) in [4.78, 5) is 15.4. The Balaban J connectivity index is 2.73. The molecule has 0 spiro atoms. The molecule has 6 heteroatoms. The van der Waals surface area contributed by atoms with E-state index < -0.39 is 0 Å². The first kappa shape index (κ1) is 15.5. The minimum absolute atomic E-state index is 0.0591. The fraction of sp³-hybridized carbons (Fsp3) is 0.692. The van der Waals surface area contributed by atoms with Crippen LogP contribution in [0.1, 0.15) is 19.3 Å². The highest BCUT2D eigenvalue weighted by Crippen LogP contribution is 2.12. The number of rotatable bonds is 6. The molecule has 0 atom stereocenters. The van der Waals surface area contributed by atoms with Crippen molar-refractivity contribution in [1.29, 1.82) is 5.26 Å². The number of carbonyl (C=O) groups excluding carboxylic acids is 1. The van der Waals surface area contributed by atoms with E-state index in [-0.39, 0.29) is 24.7 Å². The van der Waals surface area contributed by atoms with Crippen molar-refractivity contribution in [2.75, 3.05) is 39.4 Å². The Morgan fingerprint density at radius 2 is 1.79 bits per heavy atom. The maximum atomic E-state index is 12.2. The van der Waals surface area contributed by atoms with Crippen LogP contribution in [0.4, 0.5) is 0 Å². The largest absolute Gasteiger partial charge is 0.395 e. The normalized spacial score (nSPS) is 16.1. The van der Waals surface area contributed by atoms with Gasteiger partial charge in [0.05, 0.1) is 13.2 Å². The Kier molecular flexibility index (Phi) is 6.93. The highest BCUT2D eigenvalue weighted by atomic mass is 16.3. The molecule has 106 valence electrons. The van der Waals surface area contributed by atoms with Crippen molar-refractivity contribution in [3.8, 4) is 6.07 Å². The molecular formula is C13H21N3O3. The van der Waals surface area contributed by atoms with Crippen LogP contribution in [0.2, 0.25) is 0 Å². The third-order valence-electron chi connectivity index (χ3n) is 3.08. The number of hydrogen-bond donors (Lipinski definition) is 2. The standard InChI is InChI=1S/C13H21N3O3/c14-10-12(11-15(6-8-17)7-9-18)13(19)16-4-2-1-3-5-16/h11,17-18H,1-9H2/b12-11-. The van der Waals surface area contributed by atoms with E-state index in [4.69, 9.17) is 15.5 Å². The van der Waals surface area contributed by atoms with Crippen molar-refractivity contribution in [3.63, 3.8) is 0 Å². The van der Waals surface area contributed by atoms with Gasteiger partial charge in [-0.25, -0.2) is 0 Å². The van der Waals surface area contributed by atoms with Crippen LogP contribution in [-0.2, 0) is 4.79 Å². The van der Waals surface area contributed by atoms with Crippen LogP contribution in [0.5, 0.6) is 0 Å². The van der Waals surface area contributed by atoms with Gasteiger partial charge in [0.2, 0.25) is 0 Å². The summed E-state index contributed by atoms with van der Waals surface area (Å²) < 4.78 is 0. The van der Waals surface area contributed by atoms with Crippen LogP contribution in [0, 0.1) is 11.3 Å². The second kappa shape index (κ2) is 8.51. The van der Waals surface area contributed by atoms with Gasteiger partial charge in [0.25, 0.3) is 5.91 Å². The Labute approximate surface area is 113 Å². The Morgan fingerprint density at radius 3 is 2.26 bits per heavy atom. The third kappa shape index (κ3) is 4.89. The fourth-order valence-corrected chi connectivity index (χ4v) is 2.08. The molecule has 1 saturated heterocycles. The zero-order valence-electron chi connectivity index (χ0n) is 11.1. The van der Waals surface area contributed by atoms with Gasteiger partial charge in [0.15, 0.2) is 0 Å². The molecule has 1 fully saturated rings. The maximum Gasteiger partial charge on any atom is 0.266 e. The molecule has 0 unspecified atom stereocenters. The summed E-state index contributed by atoms with van der Waals surface area (Å²) >= 11 is 0. The van der Waals surface area contributed by atoms with E-state index in [9.17, 15) is 4.79 Å². The third-order valence-corrected chi connectivity index (χ3v) is 3.08. The molecule has 1 aliphatic heterocycles. The number of aliphatic hydroxyl groups excluding tert-OH is 2. The van der Waals surface area contributed by atoms with Crippen LogP contribution < -0.4 is 0 Å². The van der Waals surface area contributed by atoms with E-state index in [1.165, 1.54) is 6.20 Å². The van der Waals surface area contributed by atoms with Crippen molar-refractivity contribution in [2.24, 2.45) is 0 Å². The number of nitriles is 1. The summed E-state index contributed by atoms with van der Waals surface area (Å²) in [6.07, 6.45) is 4.50. The van der Waals surface area contributed by atoms with E-state index in [1.54, 1.807) is 9.80 Å². The average Bonchev–Trinajstić information content (AvgIpc) is 2.45. The minimum atomic E-state index is -0.261. The molecule has 2 N–H and O–H groups in total. The van der Waals surface area contributed by atoms with Crippen LogP contribution in [0.15, 0.2) is 11.8 Å². The van der Waals surface area contributed by atoms with Crippen molar-refractivity contribution < 1.29 is 15.0 Å². The molecule has 0 aromatic carbocycles. The van der Waals surface area contributed by atoms with Crippen molar-refractivity contribution >= 4 is 5.91 Å². The summed E-state index contributed by atoms with van der Waals surface area (Å²) in [6, 6.07) is 1.91. The number of piperidine rings is 1. The predicted octanol–water partition coefficient (Wildman–Crippen LogP) is -0.307. The molecule has 0 aromatic rings. The lowest BCUT2D eigenvalue weighted by Crippen LogP contribution is -2.37. The SMILES string of the molecule is N#C/C(=C/N(CCO)CCO)C(=O)N1CCCCC1. The van der Waals surface area contributed by atoms with Crippen molar-refractivity contribution in [2.45, 2.75) is 19.3 Å². The first-order valence-electron chi connectivity index (χ1n) is 6.60. The highest BCUT2D eigenvalue weighted by Gasteiger charge is 2.20. The van der Waals surface area contributed by atoms with E-state index >= 15 is 0 Å². The maximum absolute atomic E-state index is 12.2. The van der Waals surface area contributed by atoms with Gasteiger partial charge in [-0.1, -0.05) is 0 Å². The number of amides is 1. The van der Waals surface area contributed by atoms with E-state index in [1.807, 2.05) is 6.07 Å². The zero-order valence-corrected chi connectivity index (χ0v) is 11.1. The monoisotopic (exact) mass is 267 g/mol. The molecular weight excluding hydrogens is 246 g/mol. The van der Waals surface area contributed by atoms with Crippen LogP contribution >= 0.6 is 0 Å². The van der Waals surface area contributed by atoms with Gasteiger partial charge in [-0.3, -0.25) is 4.79 Å². The van der Waals surface area contributed by atoms with E-state index in [0.717, 1.165) is 19.3 Å². The topological polar surface area (TPSA) is 87.8 Å². The van der Waals surface area contributed by atoms with Gasteiger partial charge in [0, 0.05) is 32.4 Å². The molecule has 0 aromatic heterocycles. The van der Waals surface area contributed by atoms with Gasteiger partial charge in [-0.2, -0.15) is 5.26 Å². The molecule has 0 bridgehead atoms. The molecule has 1 heterocycles. The van der Waals surface area contributed by atoms with Crippen LogP contribution in [0.3, 0.4) is 0 Å². The van der Waals surface area contributed by atoms with Gasteiger partial charge in [0.1, 0.15) is 11.6 Å². The molecule has 0 saturated carbocycles. The number of likely N-dealkylation sites (tertiary alicyclic amines) is 1. The Bertz CT molecular complexity index is 351. The summed E-state index contributed by atoms with van der Waals surface area (Å²) in [5, 5.41) is 26.9. The van der Waals surface area contributed by atoms with Gasteiger partial charge < -0.3 is 20.0 Å². The fourth-order valence-electron chi connectivity index (χ4n) is 2.08. The smallest absolute Gasteiger partial charge is 0.266 e.